The molecule has 4 rings (SSSR count). The Bertz CT molecular complexity index is 1190. The van der Waals surface area contributed by atoms with Crippen LogP contribution >= 0.6 is 27.7 Å². The van der Waals surface area contributed by atoms with Crippen LogP contribution in [0.3, 0.4) is 0 Å². The summed E-state index contributed by atoms with van der Waals surface area (Å²) < 4.78 is 26.3. The van der Waals surface area contributed by atoms with Crippen LogP contribution in [0.1, 0.15) is 37.7 Å². The molecule has 0 aromatic heterocycles. The molecular formula is C26H24BrFN2O3S. The molecular weight excluding hydrogens is 519 g/mol. The summed E-state index contributed by atoms with van der Waals surface area (Å²) in [6, 6.07) is 9.98. The Morgan fingerprint density at radius 2 is 2.06 bits per heavy atom. The Morgan fingerprint density at radius 3 is 2.76 bits per heavy atom. The van der Waals surface area contributed by atoms with Gasteiger partial charge in [-0.1, -0.05) is 53.2 Å². The first-order valence-electron chi connectivity index (χ1n) is 11.0. The summed E-state index contributed by atoms with van der Waals surface area (Å²) in [4.78, 5) is 20.4. The van der Waals surface area contributed by atoms with Gasteiger partial charge in [0.05, 0.1) is 12.0 Å². The molecule has 1 saturated heterocycles. The van der Waals surface area contributed by atoms with Crippen LogP contribution in [-0.2, 0) is 4.79 Å². The minimum Gasteiger partial charge on any atom is -0.493 e. The van der Waals surface area contributed by atoms with Crippen molar-refractivity contribution in [1.82, 2.24) is 4.90 Å². The second-order valence-corrected chi connectivity index (χ2v) is 9.87. The number of hydrogen-bond donors (Lipinski definition) is 0. The molecule has 8 heteroatoms. The summed E-state index contributed by atoms with van der Waals surface area (Å²) in [5.74, 6) is 2.84. The molecule has 2 aromatic rings. The van der Waals surface area contributed by atoms with Crippen LogP contribution in [0.5, 0.6) is 11.5 Å². The van der Waals surface area contributed by atoms with Crippen LogP contribution in [0.15, 0.2) is 50.8 Å². The zero-order valence-electron chi connectivity index (χ0n) is 18.7. The highest BCUT2D eigenvalue weighted by molar-refractivity contribution is 9.10. The van der Waals surface area contributed by atoms with E-state index in [1.54, 1.807) is 42.4 Å². The molecule has 5 nitrogen and oxygen atoms in total. The Morgan fingerprint density at radius 1 is 1.29 bits per heavy atom. The highest BCUT2D eigenvalue weighted by Gasteiger charge is 2.39. The maximum absolute atomic E-state index is 14.4. The number of benzene rings is 2. The number of amidine groups is 1. The Hall–Kier alpha value is -2.76. The number of hydrogen-bond acceptors (Lipinski definition) is 5. The van der Waals surface area contributed by atoms with Gasteiger partial charge in [-0.2, -0.15) is 0 Å². The summed E-state index contributed by atoms with van der Waals surface area (Å²) >= 11 is 4.73. The van der Waals surface area contributed by atoms with E-state index in [1.807, 2.05) is 6.07 Å². The van der Waals surface area contributed by atoms with Crippen LogP contribution < -0.4 is 9.47 Å². The zero-order chi connectivity index (χ0) is 24.1. The van der Waals surface area contributed by atoms with E-state index in [1.165, 1.54) is 17.8 Å². The molecule has 1 heterocycles. The lowest BCUT2D eigenvalue weighted by Crippen LogP contribution is -2.40. The average Bonchev–Trinajstić information content (AvgIpc) is 3.14. The lowest BCUT2D eigenvalue weighted by molar-refractivity contribution is -0.124. The van der Waals surface area contributed by atoms with Gasteiger partial charge in [0.25, 0.3) is 5.91 Å². The first kappa shape index (κ1) is 24.4. The third-order valence-corrected chi connectivity index (χ3v) is 7.14. The minimum atomic E-state index is -0.425. The van der Waals surface area contributed by atoms with Gasteiger partial charge in [0.15, 0.2) is 16.7 Å². The lowest BCUT2D eigenvalue weighted by atomic mass is 9.94. The average molecular weight is 543 g/mol. The zero-order valence-corrected chi connectivity index (χ0v) is 21.1. The number of halogens is 2. The number of nitrogens with zero attached hydrogens (tertiary/aromatic N) is 2. The molecule has 2 aromatic carbocycles. The van der Waals surface area contributed by atoms with Crippen molar-refractivity contribution in [2.24, 2.45) is 4.99 Å². The molecule has 0 bridgehead atoms. The van der Waals surface area contributed by atoms with E-state index >= 15 is 0 Å². The molecule has 1 saturated carbocycles. The van der Waals surface area contributed by atoms with Crippen LogP contribution in [0.4, 0.5) is 10.1 Å². The first-order valence-corrected chi connectivity index (χ1v) is 12.6. The van der Waals surface area contributed by atoms with E-state index in [4.69, 9.17) is 15.9 Å². The quantitative estimate of drug-likeness (QED) is 0.307. The van der Waals surface area contributed by atoms with Crippen molar-refractivity contribution in [2.75, 3.05) is 13.7 Å². The minimum absolute atomic E-state index is 0.0411. The fourth-order valence-corrected chi connectivity index (χ4v) is 5.63. The molecule has 1 amide bonds. The van der Waals surface area contributed by atoms with Crippen LogP contribution in [0.2, 0.25) is 0 Å². The summed E-state index contributed by atoms with van der Waals surface area (Å²) in [5, 5.41) is 0.487. The highest BCUT2D eigenvalue weighted by Crippen LogP contribution is 2.42. The second-order valence-electron chi connectivity index (χ2n) is 7.94. The molecule has 0 spiro atoms. The standard InChI is InChI=1S/C26H24BrFN2O3S/c1-3-13-33-24-17(14-18(27)16-22(24)32-2)15-23-25(31)30(19-9-5-4-6-10-19)26(34-23)29-21-12-8-7-11-20(21)28/h1,7-8,11-12,14-16,19H,4-6,9-10,13H2,2H3/b23-15-,29-26?. The number of amides is 1. The maximum atomic E-state index is 14.4. The van der Waals surface area contributed by atoms with Crippen molar-refractivity contribution in [2.45, 2.75) is 38.1 Å². The lowest BCUT2D eigenvalue weighted by Gasteiger charge is -2.30. The summed E-state index contributed by atoms with van der Waals surface area (Å²) in [6.45, 7) is 0.0590. The normalized spacial score (nSPS) is 19.0. The van der Waals surface area contributed by atoms with E-state index in [2.05, 4.69) is 26.8 Å². The van der Waals surface area contributed by atoms with Crippen LogP contribution in [0, 0.1) is 18.2 Å². The number of aliphatic imine (C=N–C) groups is 1. The topological polar surface area (TPSA) is 51.1 Å². The van der Waals surface area contributed by atoms with Gasteiger partial charge in [0.1, 0.15) is 18.1 Å². The number of carbonyl (C=O) groups excluding carboxylic acids is 1. The van der Waals surface area contributed by atoms with Gasteiger partial charge in [-0.05, 0) is 54.9 Å². The van der Waals surface area contributed by atoms with E-state index in [0.717, 1.165) is 36.6 Å². The molecule has 0 unspecified atom stereocenters. The SMILES string of the molecule is C#CCOc1c(/C=C2\SC(=Nc3ccccc3F)N(C3CCCCC3)C2=O)cc(Br)cc1OC. The molecule has 176 valence electrons. The van der Waals surface area contributed by atoms with Crippen LogP contribution in [-0.4, -0.2) is 35.7 Å². The maximum Gasteiger partial charge on any atom is 0.267 e. The number of rotatable bonds is 6. The largest absolute Gasteiger partial charge is 0.493 e. The molecule has 0 radical (unpaired) electrons. The van der Waals surface area contributed by atoms with Gasteiger partial charge in [0.2, 0.25) is 0 Å². The molecule has 2 aliphatic rings. The summed E-state index contributed by atoms with van der Waals surface area (Å²) in [6.07, 6.45) is 12.2. The molecule has 1 aliphatic carbocycles. The predicted molar refractivity (Wildman–Crippen MR) is 138 cm³/mol. The number of terminal acetylenes is 1. The first-order chi connectivity index (χ1) is 16.5. The molecule has 1 aliphatic heterocycles. The fraction of sp³-hybridized carbons (Fsp3) is 0.308. The fourth-order valence-electron chi connectivity index (χ4n) is 4.13. The molecule has 34 heavy (non-hydrogen) atoms. The van der Waals surface area contributed by atoms with Gasteiger partial charge < -0.3 is 9.47 Å². The van der Waals surface area contributed by atoms with E-state index < -0.39 is 5.82 Å². The van der Waals surface area contributed by atoms with Crippen molar-refractivity contribution in [1.29, 1.82) is 0 Å². The molecule has 0 atom stereocenters. The second kappa shape index (κ2) is 11.1. The van der Waals surface area contributed by atoms with E-state index in [0.29, 0.717) is 27.1 Å². The van der Waals surface area contributed by atoms with Crippen LogP contribution in [0.25, 0.3) is 6.08 Å². The molecule has 0 N–H and O–H groups in total. The number of thioether (sulfide) groups is 1. The molecule has 2 fully saturated rings. The van der Waals surface area contributed by atoms with Crippen molar-refractivity contribution in [3.05, 3.63) is 57.2 Å². The van der Waals surface area contributed by atoms with E-state index in [-0.39, 0.29) is 24.2 Å². The van der Waals surface area contributed by atoms with Gasteiger partial charge in [-0.3, -0.25) is 9.69 Å². The van der Waals surface area contributed by atoms with Gasteiger partial charge in [-0.15, -0.1) is 6.42 Å². The number of methoxy groups -OCH3 is 1. The van der Waals surface area contributed by atoms with Crippen molar-refractivity contribution in [3.63, 3.8) is 0 Å². The van der Waals surface area contributed by atoms with Crippen molar-refractivity contribution < 1.29 is 18.7 Å². The smallest absolute Gasteiger partial charge is 0.267 e. The third kappa shape index (κ3) is 5.31. The number of carbonyl (C=O) groups is 1. The number of ether oxygens (including phenoxy) is 2. The highest BCUT2D eigenvalue weighted by atomic mass is 79.9. The Kier molecular flexibility index (Phi) is 7.96. The Labute approximate surface area is 211 Å². The monoisotopic (exact) mass is 542 g/mol. The number of para-hydroxylation sites is 1. The van der Waals surface area contributed by atoms with Gasteiger partial charge in [-0.25, -0.2) is 9.38 Å². The summed E-state index contributed by atoms with van der Waals surface area (Å²) in [5.41, 5.74) is 0.857. The van der Waals surface area contributed by atoms with E-state index in [9.17, 15) is 9.18 Å². The van der Waals surface area contributed by atoms with Gasteiger partial charge in [0, 0.05) is 16.1 Å². The van der Waals surface area contributed by atoms with Crippen molar-refractivity contribution in [3.8, 4) is 23.8 Å². The summed E-state index contributed by atoms with van der Waals surface area (Å²) in [7, 11) is 1.54. The Balaban J connectivity index is 1.77. The van der Waals surface area contributed by atoms with Gasteiger partial charge >= 0.3 is 0 Å². The van der Waals surface area contributed by atoms with Crippen molar-refractivity contribution >= 4 is 50.5 Å². The third-order valence-electron chi connectivity index (χ3n) is 5.70. The predicted octanol–water partition coefficient (Wildman–Crippen LogP) is 6.55.